The number of methoxy groups -OCH3 is 1. The van der Waals surface area contributed by atoms with Crippen molar-refractivity contribution >= 4 is 21.9 Å². The van der Waals surface area contributed by atoms with Gasteiger partial charge in [0.25, 0.3) is 0 Å². The molecule has 1 saturated carbocycles. The smallest absolute Gasteiger partial charge is 0.316 e. The maximum absolute atomic E-state index is 12.6. The number of fused-ring (bicyclic) bond motifs is 3. The molecule has 1 aromatic carbocycles. The van der Waals surface area contributed by atoms with Gasteiger partial charge in [0.1, 0.15) is 5.75 Å². The van der Waals surface area contributed by atoms with Crippen LogP contribution in [0.25, 0.3) is 0 Å². The summed E-state index contributed by atoms with van der Waals surface area (Å²) < 4.78 is 12.1. The third-order valence-corrected chi connectivity index (χ3v) is 5.26. The maximum atomic E-state index is 12.6. The second kappa shape index (κ2) is 5.40. The van der Waals surface area contributed by atoms with Crippen LogP contribution in [-0.4, -0.2) is 19.7 Å². The molecule has 3 rings (SSSR count). The molecule has 0 aromatic heterocycles. The van der Waals surface area contributed by atoms with Crippen LogP contribution in [0.4, 0.5) is 0 Å². The molecule has 1 aromatic rings. The van der Waals surface area contributed by atoms with Crippen LogP contribution < -0.4 is 4.74 Å². The highest BCUT2D eigenvalue weighted by molar-refractivity contribution is 9.10. The third kappa shape index (κ3) is 2.05. The Kier molecular flexibility index (Phi) is 3.76. The van der Waals surface area contributed by atoms with Gasteiger partial charge >= 0.3 is 5.97 Å². The molecule has 0 bridgehead atoms. The molecule has 20 heavy (non-hydrogen) atoms. The minimum atomic E-state index is -0.514. The first-order valence-electron chi connectivity index (χ1n) is 7.20. The van der Waals surface area contributed by atoms with Gasteiger partial charge in [-0.3, -0.25) is 4.79 Å². The first-order valence-corrected chi connectivity index (χ1v) is 7.99. The van der Waals surface area contributed by atoms with Gasteiger partial charge in [-0.2, -0.15) is 0 Å². The SMILES string of the molecule is COC(=O)[C@@]12CCCC[C@@H]1CCOc1cc(Br)ccc12. The molecule has 2 atom stereocenters. The molecular formula is C16H19BrO3. The van der Waals surface area contributed by atoms with Gasteiger partial charge in [0, 0.05) is 10.0 Å². The summed E-state index contributed by atoms with van der Waals surface area (Å²) in [5.41, 5.74) is 0.495. The second-order valence-electron chi connectivity index (χ2n) is 5.68. The van der Waals surface area contributed by atoms with Crippen LogP contribution in [0.15, 0.2) is 22.7 Å². The quantitative estimate of drug-likeness (QED) is 0.730. The fraction of sp³-hybridized carbons (Fsp3) is 0.562. The van der Waals surface area contributed by atoms with Crippen LogP contribution in [0.3, 0.4) is 0 Å². The summed E-state index contributed by atoms with van der Waals surface area (Å²) in [6, 6.07) is 5.99. The molecule has 1 fully saturated rings. The molecule has 4 heteroatoms. The monoisotopic (exact) mass is 338 g/mol. The number of halogens is 1. The number of rotatable bonds is 1. The first kappa shape index (κ1) is 13.9. The summed E-state index contributed by atoms with van der Waals surface area (Å²) in [5, 5.41) is 0. The minimum absolute atomic E-state index is 0.101. The lowest BCUT2D eigenvalue weighted by atomic mass is 9.61. The molecule has 0 saturated heterocycles. The van der Waals surface area contributed by atoms with Crippen LogP contribution in [-0.2, 0) is 14.9 Å². The zero-order valence-corrected chi connectivity index (χ0v) is 13.2. The summed E-state index contributed by atoms with van der Waals surface area (Å²) in [6.45, 7) is 0.673. The van der Waals surface area contributed by atoms with Gasteiger partial charge in [0.2, 0.25) is 0 Å². The standard InChI is InChI=1S/C16H19BrO3/c1-19-15(18)16-8-3-2-4-11(16)7-9-20-14-10-12(17)5-6-13(14)16/h5-6,10-11H,2-4,7-9H2,1H3/t11-,16+/m1/s1. The van der Waals surface area contributed by atoms with Crippen molar-refractivity contribution in [1.82, 2.24) is 0 Å². The Hall–Kier alpha value is -1.03. The lowest BCUT2D eigenvalue weighted by Gasteiger charge is -2.41. The van der Waals surface area contributed by atoms with Crippen molar-refractivity contribution in [3.05, 3.63) is 28.2 Å². The Bertz CT molecular complexity index is 528. The lowest BCUT2D eigenvalue weighted by Crippen LogP contribution is -2.45. The molecule has 0 spiro atoms. The van der Waals surface area contributed by atoms with Crippen LogP contribution in [0.1, 0.15) is 37.7 Å². The Morgan fingerprint density at radius 2 is 2.25 bits per heavy atom. The number of esters is 1. The van der Waals surface area contributed by atoms with Crippen LogP contribution in [0.2, 0.25) is 0 Å². The number of benzene rings is 1. The molecule has 0 radical (unpaired) electrons. The normalized spacial score (nSPS) is 28.6. The van der Waals surface area contributed by atoms with Crippen LogP contribution >= 0.6 is 15.9 Å². The maximum Gasteiger partial charge on any atom is 0.316 e. The number of ether oxygens (including phenoxy) is 2. The van der Waals surface area contributed by atoms with Gasteiger partial charge in [-0.05, 0) is 37.3 Å². The predicted octanol–water partition coefficient (Wildman–Crippen LogP) is 3.83. The zero-order chi connectivity index (χ0) is 14.2. The molecule has 3 nitrogen and oxygen atoms in total. The molecule has 0 amide bonds. The topological polar surface area (TPSA) is 35.5 Å². The van der Waals surface area contributed by atoms with E-state index in [1.54, 1.807) is 0 Å². The van der Waals surface area contributed by atoms with Gasteiger partial charge in [-0.15, -0.1) is 0 Å². The molecule has 1 aliphatic heterocycles. The minimum Gasteiger partial charge on any atom is -0.493 e. The van der Waals surface area contributed by atoms with E-state index >= 15 is 0 Å². The average Bonchev–Trinajstić information content (AvgIpc) is 2.63. The van der Waals surface area contributed by atoms with Gasteiger partial charge in [-0.1, -0.05) is 34.8 Å². The van der Waals surface area contributed by atoms with Crippen molar-refractivity contribution in [3.8, 4) is 5.75 Å². The fourth-order valence-electron chi connectivity index (χ4n) is 3.85. The highest BCUT2D eigenvalue weighted by Gasteiger charge is 2.51. The molecule has 2 aliphatic rings. The third-order valence-electron chi connectivity index (χ3n) is 4.77. The average molecular weight is 339 g/mol. The van der Waals surface area contributed by atoms with E-state index in [9.17, 15) is 4.79 Å². The molecule has 1 aliphatic carbocycles. The predicted molar refractivity (Wildman–Crippen MR) is 79.9 cm³/mol. The molecule has 0 N–H and O–H groups in total. The molecular weight excluding hydrogens is 320 g/mol. The molecule has 1 heterocycles. The lowest BCUT2D eigenvalue weighted by molar-refractivity contribution is -0.151. The highest BCUT2D eigenvalue weighted by Crippen LogP contribution is 2.51. The first-order chi connectivity index (χ1) is 9.68. The van der Waals surface area contributed by atoms with Crippen molar-refractivity contribution in [2.45, 2.75) is 37.5 Å². The van der Waals surface area contributed by atoms with E-state index in [0.717, 1.165) is 41.5 Å². The summed E-state index contributed by atoms with van der Waals surface area (Å²) in [5.74, 6) is 1.05. The van der Waals surface area contributed by atoms with Crippen molar-refractivity contribution < 1.29 is 14.3 Å². The largest absolute Gasteiger partial charge is 0.493 e. The summed E-state index contributed by atoms with van der Waals surface area (Å²) in [6.07, 6.45) is 5.12. The van der Waals surface area contributed by atoms with E-state index in [2.05, 4.69) is 15.9 Å². The summed E-state index contributed by atoms with van der Waals surface area (Å²) in [4.78, 5) is 12.6. The van der Waals surface area contributed by atoms with Crippen molar-refractivity contribution in [2.75, 3.05) is 13.7 Å². The Balaban J connectivity index is 2.18. The summed E-state index contributed by atoms with van der Waals surface area (Å²) in [7, 11) is 1.49. The Morgan fingerprint density at radius 3 is 3.05 bits per heavy atom. The van der Waals surface area contributed by atoms with E-state index in [1.165, 1.54) is 13.5 Å². The van der Waals surface area contributed by atoms with Gasteiger partial charge in [0.05, 0.1) is 19.1 Å². The van der Waals surface area contributed by atoms with E-state index in [-0.39, 0.29) is 5.97 Å². The number of hydrogen-bond donors (Lipinski definition) is 0. The molecule has 0 unspecified atom stereocenters. The van der Waals surface area contributed by atoms with E-state index in [0.29, 0.717) is 12.5 Å². The highest BCUT2D eigenvalue weighted by atomic mass is 79.9. The Morgan fingerprint density at radius 1 is 1.40 bits per heavy atom. The number of carbonyl (C=O) groups is 1. The fourth-order valence-corrected chi connectivity index (χ4v) is 4.19. The Labute approximate surface area is 127 Å². The van der Waals surface area contributed by atoms with Crippen LogP contribution in [0, 0.1) is 5.92 Å². The van der Waals surface area contributed by atoms with Gasteiger partial charge < -0.3 is 9.47 Å². The molecule has 108 valence electrons. The summed E-state index contributed by atoms with van der Waals surface area (Å²) >= 11 is 3.48. The van der Waals surface area contributed by atoms with E-state index in [1.807, 2.05) is 18.2 Å². The van der Waals surface area contributed by atoms with Gasteiger partial charge in [0.15, 0.2) is 0 Å². The van der Waals surface area contributed by atoms with Crippen molar-refractivity contribution in [2.24, 2.45) is 5.92 Å². The van der Waals surface area contributed by atoms with E-state index < -0.39 is 5.41 Å². The van der Waals surface area contributed by atoms with Crippen LogP contribution in [0.5, 0.6) is 5.75 Å². The number of hydrogen-bond acceptors (Lipinski definition) is 3. The number of carbonyl (C=O) groups excluding carboxylic acids is 1. The van der Waals surface area contributed by atoms with E-state index in [4.69, 9.17) is 9.47 Å². The van der Waals surface area contributed by atoms with Crippen molar-refractivity contribution in [3.63, 3.8) is 0 Å². The zero-order valence-electron chi connectivity index (χ0n) is 11.7. The second-order valence-corrected chi connectivity index (χ2v) is 6.60. The van der Waals surface area contributed by atoms with Gasteiger partial charge in [-0.25, -0.2) is 0 Å². The van der Waals surface area contributed by atoms with Crippen molar-refractivity contribution in [1.29, 1.82) is 0 Å².